The number of hydrogen-bond acceptors (Lipinski definition) is 3. The molecule has 0 spiro atoms. The van der Waals surface area contributed by atoms with Gasteiger partial charge in [-0.1, -0.05) is 0 Å². The van der Waals surface area contributed by atoms with E-state index in [9.17, 15) is 9.18 Å². The molecule has 0 amide bonds. The fourth-order valence-electron chi connectivity index (χ4n) is 1.56. The van der Waals surface area contributed by atoms with E-state index in [1.165, 1.54) is 16.8 Å². The van der Waals surface area contributed by atoms with E-state index >= 15 is 0 Å². The number of aromatic nitrogens is 2. The number of nitrogen functional groups attached to an aromatic ring is 1. The maximum atomic E-state index is 13.2. The van der Waals surface area contributed by atoms with Crippen LogP contribution in [0.5, 0.6) is 0 Å². The van der Waals surface area contributed by atoms with Crippen LogP contribution in [0, 0.1) is 0 Å². The first-order valence-corrected chi connectivity index (χ1v) is 4.41. The molecule has 1 aromatic rings. The first-order chi connectivity index (χ1) is 6.68. The quantitative estimate of drug-likeness (QED) is 0.731. The topological polar surface area (TPSA) is 60.9 Å². The zero-order valence-electron chi connectivity index (χ0n) is 7.53. The Hall–Kier alpha value is -1.65. The summed E-state index contributed by atoms with van der Waals surface area (Å²) in [6, 6.07) is 1.49. The van der Waals surface area contributed by atoms with Crippen LogP contribution < -0.4 is 11.4 Å². The number of halogens is 1. The monoisotopic (exact) mass is 195 g/mol. The summed E-state index contributed by atoms with van der Waals surface area (Å²) < 4.78 is 14.4. The number of hydrogen-bond donors (Lipinski definition) is 1. The van der Waals surface area contributed by atoms with Gasteiger partial charge in [0.25, 0.3) is 0 Å². The van der Waals surface area contributed by atoms with Crippen molar-refractivity contribution in [3.05, 3.63) is 28.6 Å². The molecule has 2 N–H and O–H groups in total. The number of nitrogens with zero attached hydrogens (tertiary/aromatic N) is 2. The molecular formula is C9H10FN3O. The molecule has 0 fully saturated rings. The molecule has 14 heavy (non-hydrogen) atoms. The van der Waals surface area contributed by atoms with Gasteiger partial charge in [-0.3, -0.25) is 4.57 Å². The van der Waals surface area contributed by atoms with Crippen LogP contribution in [-0.4, -0.2) is 9.55 Å². The average Bonchev–Trinajstić information content (AvgIpc) is 2.52. The van der Waals surface area contributed by atoms with E-state index in [1.807, 2.05) is 0 Å². The van der Waals surface area contributed by atoms with E-state index in [-0.39, 0.29) is 11.6 Å². The van der Waals surface area contributed by atoms with Crippen molar-refractivity contribution in [1.29, 1.82) is 0 Å². The summed E-state index contributed by atoms with van der Waals surface area (Å²) in [6.45, 7) is 0. The largest absolute Gasteiger partial charge is 0.383 e. The molecule has 0 radical (unpaired) electrons. The zero-order chi connectivity index (χ0) is 10.1. The fourth-order valence-corrected chi connectivity index (χ4v) is 1.56. The Labute approximate surface area is 79.9 Å². The number of anilines is 1. The first kappa shape index (κ1) is 8.93. The highest BCUT2D eigenvalue weighted by Crippen LogP contribution is 2.29. The van der Waals surface area contributed by atoms with Crippen LogP contribution in [0.2, 0.25) is 0 Å². The van der Waals surface area contributed by atoms with Gasteiger partial charge in [-0.05, 0) is 18.9 Å². The van der Waals surface area contributed by atoms with Crippen LogP contribution in [0.4, 0.5) is 10.2 Å². The zero-order valence-corrected chi connectivity index (χ0v) is 7.53. The van der Waals surface area contributed by atoms with Gasteiger partial charge < -0.3 is 5.73 Å². The van der Waals surface area contributed by atoms with Gasteiger partial charge >= 0.3 is 5.69 Å². The smallest absolute Gasteiger partial charge is 0.353 e. The molecule has 74 valence electrons. The van der Waals surface area contributed by atoms with Gasteiger partial charge in [0.05, 0.1) is 5.70 Å². The van der Waals surface area contributed by atoms with Crippen molar-refractivity contribution in [2.24, 2.45) is 0 Å². The lowest BCUT2D eigenvalue weighted by Crippen LogP contribution is -2.22. The van der Waals surface area contributed by atoms with Gasteiger partial charge in [0.1, 0.15) is 11.6 Å². The van der Waals surface area contributed by atoms with Crippen LogP contribution >= 0.6 is 0 Å². The molecule has 1 aromatic heterocycles. The fraction of sp³-hybridized carbons (Fsp3) is 0.333. The molecule has 0 saturated heterocycles. The lowest BCUT2D eigenvalue weighted by atomic mass is 10.3. The molecule has 0 unspecified atom stereocenters. The Bertz CT molecular complexity index is 450. The summed E-state index contributed by atoms with van der Waals surface area (Å²) in [6.07, 6.45) is 3.20. The van der Waals surface area contributed by atoms with Gasteiger partial charge in [0.15, 0.2) is 0 Å². The highest BCUT2D eigenvalue weighted by Gasteiger charge is 2.16. The van der Waals surface area contributed by atoms with Gasteiger partial charge in [-0.2, -0.15) is 4.98 Å². The highest BCUT2D eigenvalue weighted by atomic mass is 19.1. The Balaban J connectivity index is 2.52. The van der Waals surface area contributed by atoms with Gasteiger partial charge in [-0.15, -0.1) is 0 Å². The molecule has 1 heterocycles. The van der Waals surface area contributed by atoms with Crippen LogP contribution in [0.15, 0.2) is 22.9 Å². The maximum Gasteiger partial charge on any atom is 0.353 e. The molecular weight excluding hydrogens is 185 g/mol. The minimum atomic E-state index is -0.517. The van der Waals surface area contributed by atoms with Crippen molar-refractivity contribution in [3.63, 3.8) is 0 Å². The number of allylic oxidation sites excluding steroid dienone is 2. The predicted octanol–water partition coefficient (Wildman–Crippen LogP) is 1.15. The molecule has 0 saturated carbocycles. The third kappa shape index (κ3) is 1.41. The molecule has 2 rings (SSSR count). The lowest BCUT2D eigenvalue weighted by molar-refractivity contribution is 0.603. The summed E-state index contributed by atoms with van der Waals surface area (Å²) in [5.41, 5.74) is 5.23. The van der Waals surface area contributed by atoms with E-state index in [0.29, 0.717) is 18.5 Å². The Kier molecular flexibility index (Phi) is 2.07. The third-order valence-electron chi connectivity index (χ3n) is 2.24. The van der Waals surface area contributed by atoms with Crippen LogP contribution in [-0.2, 0) is 0 Å². The first-order valence-electron chi connectivity index (χ1n) is 4.41. The molecule has 0 aromatic carbocycles. The van der Waals surface area contributed by atoms with Crippen molar-refractivity contribution >= 4 is 11.5 Å². The summed E-state index contributed by atoms with van der Waals surface area (Å²) in [4.78, 5) is 14.9. The van der Waals surface area contributed by atoms with Crippen molar-refractivity contribution in [2.45, 2.75) is 19.3 Å². The molecule has 0 atom stereocenters. The standard InChI is InChI=1S/C9H10FN3O/c10-6-2-1-3-7(6)13-5-4-8(11)12-9(13)14/h4-5H,1-3H2,(H2,11,12,14). The Morgan fingerprint density at radius 1 is 1.50 bits per heavy atom. The van der Waals surface area contributed by atoms with E-state index < -0.39 is 5.69 Å². The molecule has 0 aliphatic heterocycles. The molecule has 5 heteroatoms. The van der Waals surface area contributed by atoms with Crippen molar-refractivity contribution in [3.8, 4) is 0 Å². The Morgan fingerprint density at radius 3 is 2.86 bits per heavy atom. The second-order valence-corrected chi connectivity index (χ2v) is 3.21. The molecule has 1 aliphatic rings. The lowest BCUT2D eigenvalue weighted by Gasteiger charge is -2.05. The van der Waals surface area contributed by atoms with E-state index in [4.69, 9.17) is 5.73 Å². The summed E-state index contributed by atoms with van der Waals surface area (Å²) >= 11 is 0. The number of rotatable bonds is 1. The number of nitrogens with two attached hydrogens (primary N) is 1. The SMILES string of the molecule is Nc1ccn(C2=C(F)CCC2)c(=O)n1. The average molecular weight is 195 g/mol. The molecule has 1 aliphatic carbocycles. The van der Waals surface area contributed by atoms with Crippen LogP contribution in [0.25, 0.3) is 5.70 Å². The van der Waals surface area contributed by atoms with Crippen LogP contribution in [0.3, 0.4) is 0 Å². The van der Waals surface area contributed by atoms with Gasteiger partial charge in [0.2, 0.25) is 0 Å². The summed E-state index contributed by atoms with van der Waals surface area (Å²) in [5, 5.41) is 0. The van der Waals surface area contributed by atoms with E-state index in [1.54, 1.807) is 0 Å². The Morgan fingerprint density at radius 2 is 2.29 bits per heavy atom. The normalized spacial score (nSPS) is 16.4. The summed E-state index contributed by atoms with van der Waals surface area (Å²) in [5.74, 6) is -0.0658. The van der Waals surface area contributed by atoms with E-state index in [2.05, 4.69) is 4.98 Å². The highest BCUT2D eigenvalue weighted by molar-refractivity contribution is 5.51. The summed E-state index contributed by atoms with van der Waals surface area (Å²) in [7, 11) is 0. The predicted molar refractivity (Wildman–Crippen MR) is 51.1 cm³/mol. The van der Waals surface area contributed by atoms with Gasteiger partial charge in [-0.25, -0.2) is 9.18 Å². The third-order valence-corrected chi connectivity index (χ3v) is 2.24. The second kappa shape index (κ2) is 3.25. The minimum absolute atomic E-state index is 0.158. The second-order valence-electron chi connectivity index (χ2n) is 3.21. The van der Waals surface area contributed by atoms with Crippen LogP contribution in [0.1, 0.15) is 19.3 Å². The molecule has 0 bridgehead atoms. The van der Waals surface area contributed by atoms with Crippen molar-refractivity contribution < 1.29 is 4.39 Å². The van der Waals surface area contributed by atoms with Gasteiger partial charge in [0, 0.05) is 12.6 Å². The van der Waals surface area contributed by atoms with Crippen molar-refractivity contribution in [2.75, 3.05) is 5.73 Å². The minimum Gasteiger partial charge on any atom is -0.383 e. The molecule has 4 nitrogen and oxygen atoms in total. The van der Waals surface area contributed by atoms with Crippen molar-refractivity contribution in [1.82, 2.24) is 9.55 Å². The van der Waals surface area contributed by atoms with E-state index in [0.717, 1.165) is 6.42 Å². The maximum absolute atomic E-state index is 13.2.